The number of ether oxygens (including phenoxy) is 1. The molecule has 0 bridgehead atoms. The van der Waals surface area contributed by atoms with Gasteiger partial charge in [0.2, 0.25) is 0 Å². The smallest absolute Gasteiger partial charge is 0.152 e. The molecule has 0 aromatic heterocycles. The Morgan fingerprint density at radius 3 is 2.08 bits per heavy atom. The van der Waals surface area contributed by atoms with Crippen molar-refractivity contribution in [3.63, 3.8) is 0 Å². The van der Waals surface area contributed by atoms with Gasteiger partial charge in [0, 0.05) is 5.02 Å². The molecule has 0 aliphatic heterocycles. The van der Waals surface area contributed by atoms with Crippen molar-refractivity contribution in [3.8, 4) is 5.75 Å². The van der Waals surface area contributed by atoms with E-state index in [1.807, 2.05) is 13.8 Å². The van der Waals surface area contributed by atoms with E-state index in [4.69, 9.17) is 27.9 Å². The maximum Gasteiger partial charge on any atom is 0.152 e. The summed E-state index contributed by atoms with van der Waals surface area (Å²) in [4.78, 5) is 0. The van der Waals surface area contributed by atoms with E-state index >= 15 is 0 Å². The molecule has 4 heteroatoms. The lowest BCUT2D eigenvalue weighted by atomic mass is 10.1. The summed E-state index contributed by atoms with van der Waals surface area (Å²) in [7, 11) is 1.58. The minimum atomic E-state index is 0.560. The van der Waals surface area contributed by atoms with Crippen LogP contribution in [0.2, 0.25) is 10.0 Å². The quantitative estimate of drug-likeness (QED) is 0.743. The topological polar surface area (TPSA) is 9.23 Å². The maximum atomic E-state index is 6.05. The van der Waals surface area contributed by atoms with Crippen molar-refractivity contribution in [1.29, 1.82) is 0 Å². The molecule has 0 fully saturated rings. The number of hydrogen-bond acceptors (Lipinski definition) is 1. The molecule has 0 radical (unpaired) electrons. The van der Waals surface area contributed by atoms with Crippen LogP contribution in [0.15, 0.2) is 4.47 Å². The van der Waals surface area contributed by atoms with Crippen LogP contribution < -0.4 is 4.74 Å². The van der Waals surface area contributed by atoms with Gasteiger partial charge in [0.25, 0.3) is 0 Å². The second-order valence-corrected chi connectivity index (χ2v) is 4.27. The minimum absolute atomic E-state index is 0.560. The van der Waals surface area contributed by atoms with Crippen molar-refractivity contribution >= 4 is 39.1 Å². The molecule has 1 aromatic rings. The molecule has 1 rings (SSSR count). The molecule has 0 unspecified atom stereocenters. The molecule has 0 atom stereocenters. The largest absolute Gasteiger partial charge is 0.494 e. The molecule has 1 aromatic carbocycles. The number of benzene rings is 1. The molecule has 72 valence electrons. The van der Waals surface area contributed by atoms with Gasteiger partial charge in [-0.1, -0.05) is 23.2 Å². The zero-order valence-corrected chi connectivity index (χ0v) is 10.6. The average Bonchev–Trinajstić information content (AvgIpc) is 2.13. The van der Waals surface area contributed by atoms with Crippen molar-refractivity contribution in [3.05, 3.63) is 25.6 Å². The summed E-state index contributed by atoms with van der Waals surface area (Å²) in [6, 6.07) is 0. The summed E-state index contributed by atoms with van der Waals surface area (Å²) >= 11 is 15.5. The zero-order valence-electron chi connectivity index (χ0n) is 7.54. The zero-order chi connectivity index (χ0) is 10.2. The summed E-state index contributed by atoms with van der Waals surface area (Å²) in [5.74, 6) is 0.640. The molecular weight excluding hydrogens is 275 g/mol. The Bertz CT molecular complexity index is 321. The molecule has 0 spiro atoms. The Morgan fingerprint density at radius 1 is 1.08 bits per heavy atom. The predicted octanol–water partition coefficient (Wildman–Crippen LogP) is 4.38. The summed E-state index contributed by atoms with van der Waals surface area (Å²) < 4.78 is 5.97. The molecule has 0 aliphatic carbocycles. The van der Waals surface area contributed by atoms with E-state index in [0.717, 1.165) is 15.6 Å². The average molecular weight is 284 g/mol. The number of methoxy groups -OCH3 is 1. The van der Waals surface area contributed by atoms with Crippen LogP contribution in [0, 0.1) is 13.8 Å². The van der Waals surface area contributed by atoms with Crippen molar-refractivity contribution in [2.24, 2.45) is 0 Å². The third-order valence-electron chi connectivity index (χ3n) is 1.92. The molecule has 0 amide bonds. The Labute approximate surface area is 96.1 Å². The molecule has 13 heavy (non-hydrogen) atoms. The molecule has 0 saturated carbocycles. The van der Waals surface area contributed by atoms with Crippen LogP contribution in [0.25, 0.3) is 0 Å². The van der Waals surface area contributed by atoms with Gasteiger partial charge >= 0.3 is 0 Å². The fraction of sp³-hybridized carbons (Fsp3) is 0.333. The summed E-state index contributed by atoms with van der Waals surface area (Å²) in [5, 5.41) is 1.24. The van der Waals surface area contributed by atoms with Crippen LogP contribution in [0.3, 0.4) is 0 Å². The van der Waals surface area contributed by atoms with Gasteiger partial charge in [-0.3, -0.25) is 0 Å². The van der Waals surface area contributed by atoms with Crippen LogP contribution in [0.1, 0.15) is 11.1 Å². The van der Waals surface area contributed by atoms with Gasteiger partial charge in [-0.25, -0.2) is 0 Å². The normalized spacial score (nSPS) is 10.3. The molecule has 0 heterocycles. The Hall–Kier alpha value is 0.0800. The van der Waals surface area contributed by atoms with Gasteiger partial charge in [0.1, 0.15) is 0 Å². The SMILES string of the molecule is COc1c(Cl)c(C)c(Cl)c(C)c1Br. The first-order valence-corrected chi connectivity index (χ1v) is 5.23. The van der Waals surface area contributed by atoms with Crippen molar-refractivity contribution in [2.75, 3.05) is 7.11 Å². The fourth-order valence-electron chi connectivity index (χ4n) is 1.09. The van der Waals surface area contributed by atoms with E-state index in [2.05, 4.69) is 15.9 Å². The second-order valence-electron chi connectivity index (χ2n) is 2.73. The van der Waals surface area contributed by atoms with Crippen LogP contribution in [-0.2, 0) is 0 Å². The summed E-state index contributed by atoms with van der Waals surface area (Å²) in [6.45, 7) is 3.78. The van der Waals surface area contributed by atoms with E-state index in [1.165, 1.54) is 0 Å². The van der Waals surface area contributed by atoms with Gasteiger partial charge < -0.3 is 4.74 Å². The molecule has 0 saturated heterocycles. The van der Waals surface area contributed by atoms with E-state index in [9.17, 15) is 0 Å². The molecule has 0 N–H and O–H groups in total. The lowest BCUT2D eigenvalue weighted by Crippen LogP contribution is -1.92. The highest BCUT2D eigenvalue weighted by Gasteiger charge is 2.15. The lowest BCUT2D eigenvalue weighted by molar-refractivity contribution is 0.411. The van der Waals surface area contributed by atoms with Crippen LogP contribution in [0.4, 0.5) is 0 Å². The number of hydrogen-bond donors (Lipinski definition) is 0. The second kappa shape index (κ2) is 4.07. The molecule has 0 aliphatic rings. The first kappa shape index (κ1) is 11.2. The fourth-order valence-corrected chi connectivity index (χ4v) is 2.38. The molecule has 1 nitrogen and oxygen atoms in total. The van der Waals surface area contributed by atoms with Crippen LogP contribution in [-0.4, -0.2) is 7.11 Å². The van der Waals surface area contributed by atoms with E-state index < -0.39 is 0 Å². The van der Waals surface area contributed by atoms with Gasteiger partial charge in [0.05, 0.1) is 16.6 Å². The highest BCUT2D eigenvalue weighted by molar-refractivity contribution is 9.10. The minimum Gasteiger partial charge on any atom is -0.494 e. The van der Waals surface area contributed by atoms with E-state index in [-0.39, 0.29) is 0 Å². The van der Waals surface area contributed by atoms with Crippen LogP contribution >= 0.6 is 39.1 Å². The Balaban J connectivity index is 3.56. The lowest BCUT2D eigenvalue weighted by Gasteiger charge is -2.13. The summed E-state index contributed by atoms with van der Waals surface area (Å²) in [6.07, 6.45) is 0. The van der Waals surface area contributed by atoms with Crippen LogP contribution in [0.5, 0.6) is 5.75 Å². The van der Waals surface area contributed by atoms with E-state index in [0.29, 0.717) is 15.8 Å². The van der Waals surface area contributed by atoms with Gasteiger partial charge in [-0.15, -0.1) is 0 Å². The highest BCUT2D eigenvalue weighted by atomic mass is 79.9. The van der Waals surface area contributed by atoms with Crippen molar-refractivity contribution < 1.29 is 4.74 Å². The number of halogens is 3. The number of rotatable bonds is 1. The third-order valence-corrected chi connectivity index (χ3v) is 3.90. The summed E-state index contributed by atoms with van der Waals surface area (Å²) in [5.41, 5.74) is 1.79. The van der Waals surface area contributed by atoms with Crippen molar-refractivity contribution in [2.45, 2.75) is 13.8 Å². The third kappa shape index (κ3) is 1.80. The highest BCUT2D eigenvalue weighted by Crippen LogP contribution is 2.42. The van der Waals surface area contributed by atoms with Gasteiger partial charge in [-0.05, 0) is 40.9 Å². The van der Waals surface area contributed by atoms with Gasteiger partial charge in [0.15, 0.2) is 5.75 Å². The Morgan fingerprint density at radius 2 is 1.62 bits per heavy atom. The maximum absolute atomic E-state index is 6.05. The predicted molar refractivity (Wildman–Crippen MR) is 60.2 cm³/mol. The monoisotopic (exact) mass is 282 g/mol. The first-order valence-electron chi connectivity index (χ1n) is 3.68. The Kier molecular flexibility index (Phi) is 3.50. The standard InChI is InChI=1S/C9H9BrCl2O/c1-4-6(10)9(13-3)8(12)5(2)7(4)11/h1-3H3. The van der Waals surface area contributed by atoms with E-state index in [1.54, 1.807) is 7.11 Å². The molecular formula is C9H9BrCl2O. The first-order chi connectivity index (χ1) is 6.00. The van der Waals surface area contributed by atoms with Gasteiger partial charge in [-0.2, -0.15) is 0 Å². The van der Waals surface area contributed by atoms with Crippen molar-refractivity contribution in [1.82, 2.24) is 0 Å².